The monoisotopic (exact) mass is 354 g/mol. The van der Waals surface area contributed by atoms with Crippen molar-refractivity contribution >= 4 is 15.9 Å². The topological polar surface area (TPSA) is 84.5 Å². The van der Waals surface area contributed by atoms with Crippen molar-refractivity contribution in [3.63, 3.8) is 0 Å². The molecular formula is C17H26N2O4S. The van der Waals surface area contributed by atoms with Crippen molar-refractivity contribution < 1.29 is 17.9 Å². The molecule has 6 nitrogen and oxygen atoms in total. The first-order valence-corrected chi connectivity index (χ1v) is 9.82. The predicted molar refractivity (Wildman–Crippen MR) is 92.4 cm³/mol. The van der Waals surface area contributed by atoms with E-state index in [4.69, 9.17) is 4.74 Å². The highest BCUT2D eigenvalue weighted by Gasteiger charge is 2.23. The Hall–Kier alpha value is -1.44. The lowest BCUT2D eigenvalue weighted by atomic mass is 9.86. The number of ether oxygens (including phenoxy) is 1. The van der Waals surface area contributed by atoms with Gasteiger partial charge in [0.25, 0.3) is 5.91 Å². The Labute approximate surface area is 144 Å². The molecule has 7 heteroatoms. The number of amides is 1. The maximum atomic E-state index is 12.3. The third-order valence-corrected chi connectivity index (χ3v) is 5.93. The van der Waals surface area contributed by atoms with Crippen LogP contribution in [-0.4, -0.2) is 40.6 Å². The molecule has 134 valence electrons. The zero-order chi connectivity index (χ0) is 17.6. The molecule has 0 aromatic heterocycles. The number of hydrogen-bond acceptors (Lipinski definition) is 4. The van der Waals surface area contributed by atoms with Gasteiger partial charge in [0, 0.05) is 25.3 Å². The minimum absolute atomic E-state index is 0.140. The standard InChI is InChI=1S/C17H26N2O4S/c1-13-5-3-4-6-16(13)19-17(20)14-7-9-15(10-8-14)24(21,22)18-11-12-23-2/h7-10,13,16,18H,3-6,11-12H2,1-2H3,(H,19,20)/t13-,16-/m1/s1. The molecule has 1 fully saturated rings. The van der Waals surface area contributed by atoms with Gasteiger partial charge in [0.2, 0.25) is 10.0 Å². The van der Waals surface area contributed by atoms with Crippen molar-refractivity contribution in [2.24, 2.45) is 5.92 Å². The van der Waals surface area contributed by atoms with Gasteiger partial charge >= 0.3 is 0 Å². The lowest BCUT2D eigenvalue weighted by Crippen LogP contribution is -2.41. The quantitative estimate of drug-likeness (QED) is 0.733. The van der Waals surface area contributed by atoms with Gasteiger partial charge in [0.1, 0.15) is 0 Å². The molecule has 0 unspecified atom stereocenters. The average Bonchev–Trinajstić information content (AvgIpc) is 2.57. The zero-order valence-electron chi connectivity index (χ0n) is 14.2. The molecule has 0 aliphatic heterocycles. The van der Waals surface area contributed by atoms with E-state index in [0.717, 1.165) is 19.3 Å². The maximum Gasteiger partial charge on any atom is 0.251 e. The highest BCUT2D eigenvalue weighted by Crippen LogP contribution is 2.24. The summed E-state index contributed by atoms with van der Waals surface area (Å²) in [6, 6.07) is 6.20. The molecule has 0 spiro atoms. The van der Waals surface area contributed by atoms with Crippen LogP contribution >= 0.6 is 0 Å². The minimum Gasteiger partial charge on any atom is -0.383 e. The third kappa shape index (κ3) is 5.03. The Balaban J connectivity index is 1.99. The number of carbonyl (C=O) groups excluding carboxylic acids is 1. The Bertz CT molecular complexity index is 643. The van der Waals surface area contributed by atoms with Gasteiger partial charge in [-0.15, -0.1) is 0 Å². The molecule has 2 atom stereocenters. The summed E-state index contributed by atoms with van der Waals surface area (Å²) in [5.74, 6) is 0.331. The van der Waals surface area contributed by atoms with Crippen LogP contribution in [0.1, 0.15) is 43.0 Å². The van der Waals surface area contributed by atoms with Crippen molar-refractivity contribution in [1.82, 2.24) is 10.0 Å². The van der Waals surface area contributed by atoms with Crippen LogP contribution in [0.4, 0.5) is 0 Å². The van der Waals surface area contributed by atoms with E-state index in [1.165, 1.54) is 25.7 Å². The summed E-state index contributed by atoms with van der Waals surface area (Å²) >= 11 is 0. The van der Waals surface area contributed by atoms with Crippen molar-refractivity contribution in [3.05, 3.63) is 29.8 Å². The number of methoxy groups -OCH3 is 1. The summed E-state index contributed by atoms with van der Waals surface area (Å²) in [5.41, 5.74) is 0.476. The molecule has 1 amide bonds. The van der Waals surface area contributed by atoms with Crippen LogP contribution in [0.2, 0.25) is 0 Å². The second-order valence-electron chi connectivity index (χ2n) is 6.26. The molecule has 1 aromatic carbocycles. The van der Waals surface area contributed by atoms with Crippen LogP contribution < -0.4 is 10.0 Å². The zero-order valence-corrected chi connectivity index (χ0v) is 15.1. The molecule has 2 N–H and O–H groups in total. The molecule has 1 aromatic rings. The van der Waals surface area contributed by atoms with Crippen LogP contribution in [0, 0.1) is 5.92 Å². The van der Waals surface area contributed by atoms with E-state index in [0.29, 0.717) is 18.1 Å². The van der Waals surface area contributed by atoms with Crippen LogP contribution in [-0.2, 0) is 14.8 Å². The highest BCUT2D eigenvalue weighted by atomic mass is 32.2. The minimum atomic E-state index is -3.57. The average molecular weight is 354 g/mol. The van der Waals surface area contributed by atoms with Crippen molar-refractivity contribution in [1.29, 1.82) is 0 Å². The van der Waals surface area contributed by atoms with Gasteiger partial charge < -0.3 is 10.1 Å². The largest absolute Gasteiger partial charge is 0.383 e. The first-order valence-electron chi connectivity index (χ1n) is 8.33. The summed E-state index contributed by atoms with van der Waals surface area (Å²) in [7, 11) is -2.06. The number of sulfonamides is 1. The summed E-state index contributed by atoms with van der Waals surface area (Å²) in [6.45, 7) is 2.67. The van der Waals surface area contributed by atoms with Crippen molar-refractivity contribution in [2.45, 2.75) is 43.5 Å². The van der Waals surface area contributed by atoms with Crippen molar-refractivity contribution in [2.75, 3.05) is 20.3 Å². The first kappa shape index (κ1) is 18.9. The first-order chi connectivity index (χ1) is 11.4. The second kappa shape index (κ2) is 8.60. The summed E-state index contributed by atoms with van der Waals surface area (Å²) in [4.78, 5) is 12.5. The fraction of sp³-hybridized carbons (Fsp3) is 0.588. The Morgan fingerprint density at radius 2 is 1.88 bits per heavy atom. The summed E-state index contributed by atoms with van der Waals surface area (Å²) in [6.07, 6.45) is 4.49. The Kier molecular flexibility index (Phi) is 6.77. The molecule has 2 rings (SSSR count). The Morgan fingerprint density at radius 1 is 1.21 bits per heavy atom. The van der Waals surface area contributed by atoms with Gasteiger partial charge in [-0.2, -0.15) is 0 Å². The molecule has 1 aliphatic rings. The van der Waals surface area contributed by atoms with Gasteiger partial charge in [0.15, 0.2) is 0 Å². The van der Waals surface area contributed by atoms with E-state index in [1.54, 1.807) is 12.1 Å². The van der Waals surface area contributed by atoms with Gasteiger partial charge in [-0.25, -0.2) is 13.1 Å². The number of carbonyl (C=O) groups is 1. The fourth-order valence-electron chi connectivity index (χ4n) is 2.93. The van der Waals surface area contributed by atoms with Gasteiger partial charge in [-0.3, -0.25) is 4.79 Å². The van der Waals surface area contributed by atoms with Gasteiger partial charge in [-0.05, 0) is 43.0 Å². The summed E-state index contributed by atoms with van der Waals surface area (Å²) in [5, 5.41) is 3.06. The van der Waals surface area contributed by atoms with E-state index >= 15 is 0 Å². The smallest absolute Gasteiger partial charge is 0.251 e. The highest BCUT2D eigenvalue weighted by molar-refractivity contribution is 7.89. The molecule has 24 heavy (non-hydrogen) atoms. The summed E-state index contributed by atoms with van der Waals surface area (Å²) < 4.78 is 31.4. The van der Waals surface area contributed by atoms with Crippen LogP contribution in [0.15, 0.2) is 29.2 Å². The van der Waals surface area contributed by atoms with E-state index in [1.807, 2.05) is 0 Å². The normalized spacial score (nSPS) is 21.4. The SMILES string of the molecule is COCCNS(=O)(=O)c1ccc(C(=O)N[C@@H]2CCCC[C@H]2C)cc1. The van der Waals surface area contributed by atoms with E-state index < -0.39 is 10.0 Å². The molecule has 0 heterocycles. The number of hydrogen-bond donors (Lipinski definition) is 2. The number of nitrogens with one attached hydrogen (secondary N) is 2. The van der Waals surface area contributed by atoms with Crippen LogP contribution in [0.5, 0.6) is 0 Å². The van der Waals surface area contributed by atoms with Crippen molar-refractivity contribution in [3.8, 4) is 0 Å². The predicted octanol–water partition coefficient (Wildman–Crippen LogP) is 1.92. The molecule has 0 saturated heterocycles. The maximum absolute atomic E-state index is 12.3. The molecule has 1 aliphatic carbocycles. The Morgan fingerprint density at radius 3 is 2.50 bits per heavy atom. The molecule has 1 saturated carbocycles. The number of rotatable bonds is 7. The molecular weight excluding hydrogens is 328 g/mol. The van der Waals surface area contributed by atoms with E-state index in [-0.39, 0.29) is 23.4 Å². The third-order valence-electron chi connectivity index (χ3n) is 4.45. The van der Waals surface area contributed by atoms with E-state index in [2.05, 4.69) is 17.0 Å². The number of benzene rings is 1. The fourth-order valence-corrected chi connectivity index (χ4v) is 3.94. The van der Waals surface area contributed by atoms with Gasteiger partial charge in [0.05, 0.1) is 11.5 Å². The molecule has 0 radical (unpaired) electrons. The van der Waals surface area contributed by atoms with E-state index in [9.17, 15) is 13.2 Å². The second-order valence-corrected chi connectivity index (χ2v) is 8.02. The van der Waals surface area contributed by atoms with Crippen LogP contribution in [0.25, 0.3) is 0 Å². The molecule has 0 bridgehead atoms. The van der Waals surface area contributed by atoms with Gasteiger partial charge in [-0.1, -0.05) is 19.8 Å². The van der Waals surface area contributed by atoms with Crippen LogP contribution in [0.3, 0.4) is 0 Å². The lowest BCUT2D eigenvalue weighted by molar-refractivity contribution is 0.0910. The lowest BCUT2D eigenvalue weighted by Gasteiger charge is -2.29.